The van der Waals surface area contributed by atoms with Crippen LogP contribution in [0.15, 0.2) is 47.3 Å². The molecule has 2 unspecified atom stereocenters. The molecule has 2 amide bonds. The lowest BCUT2D eigenvalue weighted by molar-refractivity contribution is -0.136. The van der Waals surface area contributed by atoms with Crippen LogP contribution in [0.3, 0.4) is 0 Å². The number of carbonyl (C=O) groups is 2. The smallest absolute Gasteiger partial charge is 0.255 e. The van der Waals surface area contributed by atoms with Gasteiger partial charge < -0.3 is 24.7 Å². The van der Waals surface area contributed by atoms with Crippen LogP contribution in [-0.2, 0) is 4.79 Å². The Morgan fingerprint density at radius 2 is 2.11 bits per heavy atom. The summed E-state index contributed by atoms with van der Waals surface area (Å²) in [5.74, 6) is 0.289. The number of halogens is 1. The summed E-state index contributed by atoms with van der Waals surface area (Å²) in [6.45, 7) is 3.60. The molecule has 146 valence electrons. The zero-order valence-corrected chi connectivity index (χ0v) is 16.1. The highest BCUT2D eigenvalue weighted by Crippen LogP contribution is 2.30. The minimum Gasteiger partial charge on any atom is -0.496 e. The maximum atomic E-state index is 13.0. The van der Waals surface area contributed by atoms with Gasteiger partial charge in [0.05, 0.1) is 25.0 Å². The van der Waals surface area contributed by atoms with Crippen LogP contribution in [-0.4, -0.2) is 49.5 Å². The zero-order valence-electron chi connectivity index (χ0n) is 15.3. The number of nitrogens with one attached hydrogen (secondary N) is 2. The summed E-state index contributed by atoms with van der Waals surface area (Å²) in [5.41, 5.74) is 1.34. The second-order valence-electron chi connectivity index (χ2n) is 6.20. The number of carbonyl (C=O) groups excluding carboxylic acids is 2. The minimum atomic E-state index is -0.646. The lowest BCUT2D eigenvalue weighted by Gasteiger charge is -2.38. The fraction of sp³-hybridized carbons (Fsp3) is 0.368. The maximum absolute atomic E-state index is 13.0. The van der Waals surface area contributed by atoms with Crippen molar-refractivity contribution in [3.8, 4) is 5.75 Å². The molecule has 0 radical (unpaired) electrons. The Balaban J connectivity index is 0.00000261. The lowest BCUT2D eigenvalue weighted by atomic mass is 10.0. The zero-order chi connectivity index (χ0) is 18.5. The molecule has 0 aliphatic carbocycles. The number of furan rings is 1. The Hall–Kier alpha value is -2.51. The number of rotatable bonds is 5. The molecule has 2 aromatic rings. The molecule has 0 bridgehead atoms. The van der Waals surface area contributed by atoms with E-state index in [1.165, 1.54) is 12.5 Å². The molecule has 27 heavy (non-hydrogen) atoms. The highest BCUT2D eigenvalue weighted by Gasteiger charge is 2.32. The Bertz CT molecular complexity index is 766. The molecule has 0 saturated carbocycles. The van der Waals surface area contributed by atoms with Gasteiger partial charge >= 0.3 is 0 Å². The van der Waals surface area contributed by atoms with Crippen LogP contribution in [0.25, 0.3) is 0 Å². The highest BCUT2D eigenvalue weighted by atomic mass is 35.5. The molecule has 2 N–H and O–H groups in total. The van der Waals surface area contributed by atoms with Gasteiger partial charge in [0.2, 0.25) is 5.91 Å². The first-order valence-electron chi connectivity index (χ1n) is 8.59. The van der Waals surface area contributed by atoms with Crippen molar-refractivity contribution in [1.82, 2.24) is 15.5 Å². The number of hydrogen-bond donors (Lipinski definition) is 2. The topological polar surface area (TPSA) is 83.8 Å². The Morgan fingerprint density at radius 3 is 2.81 bits per heavy atom. The van der Waals surface area contributed by atoms with Gasteiger partial charge in [-0.15, -0.1) is 12.4 Å². The normalized spacial score (nSPS) is 17.6. The van der Waals surface area contributed by atoms with E-state index in [-0.39, 0.29) is 30.3 Å². The second-order valence-corrected chi connectivity index (χ2v) is 6.20. The average molecular weight is 394 g/mol. The van der Waals surface area contributed by atoms with Crippen LogP contribution >= 0.6 is 12.4 Å². The van der Waals surface area contributed by atoms with Crippen molar-refractivity contribution in [1.29, 1.82) is 0 Å². The maximum Gasteiger partial charge on any atom is 0.255 e. The first-order chi connectivity index (χ1) is 12.6. The molecule has 0 spiro atoms. The van der Waals surface area contributed by atoms with Crippen LogP contribution in [0, 0.1) is 0 Å². The predicted molar refractivity (Wildman–Crippen MR) is 103 cm³/mol. The molecule has 1 aliphatic rings. The van der Waals surface area contributed by atoms with E-state index in [1.54, 1.807) is 25.0 Å². The van der Waals surface area contributed by atoms with Crippen molar-refractivity contribution in [2.75, 3.05) is 26.7 Å². The SMILES string of the molecule is COc1ccccc1C1CNCCN1C(=O)C(C)NC(=O)c1ccoc1.Cl. The Morgan fingerprint density at radius 1 is 1.33 bits per heavy atom. The number of piperazine rings is 1. The number of methoxy groups -OCH3 is 1. The van der Waals surface area contributed by atoms with Gasteiger partial charge in [0, 0.05) is 25.2 Å². The highest BCUT2D eigenvalue weighted by molar-refractivity contribution is 5.97. The van der Waals surface area contributed by atoms with Crippen LogP contribution in [0.4, 0.5) is 0 Å². The van der Waals surface area contributed by atoms with Crippen molar-refractivity contribution in [2.24, 2.45) is 0 Å². The third kappa shape index (κ3) is 4.61. The molecule has 3 rings (SSSR count). The van der Waals surface area contributed by atoms with Crippen LogP contribution in [0.1, 0.15) is 28.9 Å². The molecule has 1 saturated heterocycles. The Labute approximate surface area is 164 Å². The molecule has 1 aromatic carbocycles. The summed E-state index contributed by atoms with van der Waals surface area (Å²) in [7, 11) is 1.62. The molecular weight excluding hydrogens is 370 g/mol. The van der Waals surface area contributed by atoms with Gasteiger partial charge in [0.1, 0.15) is 18.1 Å². The monoisotopic (exact) mass is 393 g/mol. The van der Waals surface area contributed by atoms with Gasteiger partial charge in [-0.25, -0.2) is 0 Å². The summed E-state index contributed by atoms with van der Waals surface area (Å²) in [4.78, 5) is 27.0. The van der Waals surface area contributed by atoms with Crippen LogP contribution < -0.4 is 15.4 Å². The molecule has 8 heteroatoms. The van der Waals surface area contributed by atoms with E-state index in [9.17, 15) is 9.59 Å². The first kappa shape index (κ1) is 20.8. The Kier molecular flexibility index (Phi) is 7.27. The van der Waals surface area contributed by atoms with E-state index in [4.69, 9.17) is 9.15 Å². The van der Waals surface area contributed by atoms with Crippen molar-refractivity contribution < 1.29 is 18.7 Å². The van der Waals surface area contributed by atoms with Crippen molar-refractivity contribution in [2.45, 2.75) is 19.0 Å². The van der Waals surface area contributed by atoms with Crippen LogP contribution in [0.5, 0.6) is 5.75 Å². The minimum absolute atomic E-state index is 0. The summed E-state index contributed by atoms with van der Waals surface area (Å²) in [5, 5.41) is 6.06. The number of amides is 2. The van der Waals surface area contributed by atoms with Gasteiger partial charge in [-0.3, -0.25) is 9.59 Å². The first-order valence-corrected chi connectivity index (χ1v) is 8.59. The number of benzene rings is 1. The summed E-state index contributed by atoms with van der Waals surface area (Å²) in [6, 6.07) is 8.45. The standard InChI is InChI=1S/C19H23N3O4.ClH/c1-13(21-18(23)14-7-10-26-12-14)19(24)22-9-8-20-11-16(22)15-5-3-4-6-17(15)25-2;/h3-7,10,12-13,16,20H,8-9,11H2,1-2H3,(H,21,23);1H. The molecule has 1 aliphatic heterocycles. The van der Waals surface area contributed by atoms with Gasteiger partial charge in [-0.2, -0.15) is 0 Å². The van der Waals surface area contributed by atoms with Crippen molar-refractivity contribution >= 4 is 24.2 Å². The predicted octanol–water partition coefficient (Wildman–Crippen LogP) is 2.00. The fourth-order valence-electron chi connectivity index (χ4n) is 3.17. The molecule has 2 atom stereocenters. The van der Waals surface area contributed by atoms with Crippen molar-refractivity contribution in [3.63, 3.8) is 0 Å². The second kappa shape index (κ2) is 9.43. The summed E-state index contributed by atoms with van der Waals surface area (Å²) < 4.78 is 10.4. The van der Waals surface area contributed by atoms with Gasteiger partial charge in [0.15, 0.2) is 0 Å². The summed E-state index contributed by atoms with van der Waals surface area (Å²) in [6.07, 6.45) is 2.78. The third-order valence-electron chi connectivity index (χ3n) is 4.53. The summed E-state index contributed by atoms with van der Waals surface area (Å²) >= 11 is 0. The molecular formula is C19H24ClN3O4. The molecule has 1 fully saturated rings. The van der Waals surface area contributed by atoms with E-state index >= 15 is 0 Å². The average Bonchev–Trinajstić information content (AvgIpc) is 3.22. The van der Waals surface area contributed by atoms with Crippen molar-refractivity contribution in [3.05, 3.63) is 54.0 Å². The number of para-hydroxylation sites is 1. The van der Waals surface area contributed by atoms with E-state index in [0.717, 1.165) is 11.3 Å². The van der Waals surface area contributed by atoms with E-state index in [2.05, 4.69) is 10.6 Å². The van der Waals surface area contributed by atoms with Gasteiger partial charge in [-0.1, -0.05) is 18.2 Å². The molecule has 2 heterocycles. The van der Waals surface area contributed by atoms with E-state index < -0.39 is 6.04 Å². The quantitative estimate of drug-likeness (QED) is 0.811. The van der Waals surface area contributed by atoms with Crippen LogP contribution in [0.2, 0.25) is 0 Å². The third-order valence-corrected chi connectivity index (χ3v) is 4.53. The van der Waals surface area contributed by atoms with Gasteiger partial charge in [-0.05, 0) is 19.1 Å². The number of hydrogen-bond acceptors (Lipinski definition) is 5. The lowest BCUT2D eigenvalue weighted by Crippen LogP contribution is -2.54. The molecule has 7 nitrogen and oxygen atoms in total. The fourth-order valence-corrected chi connectivity index (χ4v) is 3.17. The number of ether oxygens (including phenoxy) is 1. The number of nitrogens with zero attached hydrogens (tertiary/aromatic N) is 1. The van der Waals surface area contributed by atoms with E-state index in [1.807, 2.05) is 24.3 Å². The van der Waals surface area contributed by atoms with E-state index in [0.29, 0.717) is 25.2 Å². The largest absolute Gasteiger partial charge is 0.496 e. The molecule has 1 aromatic heterocycles. The van der Waals surface area contributed by atoms with Gasteiger partial charge in [0.25, 0.3) is 5.91 Å².